The Bertz CT molecular complexity index is 793. The normalized spacial score (nSPS) is 10.8. The highest BCUT2D eigenvalue weighted by atomic mass is 32.1. The molecule has 0 aliphatic rings. The fourth-order valence-electron chi connectivity index (χ4n) is 1.97. The van der Waals surface area contributed by atoms with E-state index in [-0.39, 0.29) is 5.91 Å². The number of hydrogen-bond donors (Lipinski definition) is 1. The predicted molar refractivity (Wildman–Crippen MR) is 83.6 cm³/mol. The maximum absolute atomic E-state index is 12.2. The number of benzene rings is 1. The minimum absolute atomic E-state index is 0.217. The monoisotopic (exact) mass is 317 g/mol. The summed E-state index contributed by atoms with van der Waals surface area (Å²) in [6.45, 7) is 4.49. The molecule has 1 N–H and O–H groups in total. The molecule has 0 radical (unpaired) electrons. The molecule has 3 aromatic rings. The number of amides is 1. The van der Waals surface area contributed by atoms with E-state index >= 15 is 0 Å². The van der Waals surface area contributed by atoms with E-state index in [0.717, 1.165) is 18.0 Å². The Kier molecular flexibility index (Phi) is 4.01. The van der Waals surface area contributed by atoms with Crippen LogP contribution in [0.4, 0.5) is 5.13 Å². The molecule has 22 heavy (non-hydrogen) atoms. The van der Waals surface area contributed by atoms with Gasteiger partial charge in [0.1, 0.15) is 5.75 Å². The van der Waals surface area contributed by atoms with Gasteiger partial charge < -0.3 is 4.74 Å². The molecule has 1 amide bonds. The van der Waals surface area contributed by atoms with Crippen LogP contribution in [-0.2, 0) is 6.42 Å². The van der Waals surface area contributed by atoms with Crippen molar-refractivity contribution in [2.45, 2.75) is 20.3 Å². The molecule has 0 saturated heterocycles. The zero-order chi connectivity index (χ0) is 15.5. The van der Waals surface area contributed by atoms with Crippen LogP contribution in [0.15, 0.2) is 24.3 Å². The lowest BCUT2D eigenvalue weighted by molar-refractivity contribution is 0.102. The lowest BCUT2D eigenvalue weighted by Crippen LogP contribution is -2.12. The Morgan fingerprint density at radius 2 is 2.05 bits per heavy atom. The Balaban J connectivity index is 1.75. The van der Waals surface area contributed by atoms with Gasteiger partial charge in [-0.25, -0.2) is 0 Å². The molecule has 0 aliphatic carbocycles. The van der Waals surface area contributed by atoms with Crippen LogP contribution < -0.4 is 10.1 Å². The van der Waals surface area contributed by atoms with Crippen molar-refractivity contribution in [3.8, 4) is 5.75 Å². The van der Waals surface area contributed by atoms with E-state index in [4.69, 9.17) is 4.74 Å². The molecule has 0 spiro atoms. The molecule has 2 heterocycles. The third-order valence-corrected chi connectivity index (χ3v) is 3.83. The summed E-state index contributed by atoms with van der Waals surface area (Å²) in [4.78, 5) is 12.9. The molecular formula is C14H15N5O2S. The van der Waals surface area contributed by atoms with Crippen LogP contribution in [0.2, 0.25) is 0 Å². The molecule has 0 aliphatic heterocycles. The van der Waals surface area contributed by atoms with Gasteiger partial charge in [-0.2, -0.15) is 4.52 Å². The predicted octanol–water partition coefficient (Wildman–Crippen LogP) is 2.40. The molecule has 3 rings (SSSR count). The quantitative estimate of drug-likeness (QED) is 0.781. The average Bonchev–Trinajstić information content (AvgIpc) is 3.08. The van der Waals surface area contributed by atoms with E-state index in [0.29, 0.717) is 22.3 Å². The summed E-state index contributed by atoms with van der Waals surface area (Å²) in [6, 6.07) is 6.98. The summed E-state index contributed by atoms with van der Waals surface area (Å²) in [5.74, 6) is 1.30. The van der Waals surface area contributed by atoms with Crippen molar-refractivity contribution in [1.82, 2.24) is 19.8 Å². The van der Waals surface area contributed by atoms with E-state index in [9.17, 15) is 4.79 Å². The van der Waals surface area contributed by atoms with Gasteiger partial charge in [0.25, 0.3) is 5.91 Å². The maximum Gasteiger partial charge on any atom is 0.257 e. The molecule has 0 saturated carbocycles. The number of rotatable bonds is 5. The van der Waals surface area contributed by atoms with Crippen molar-refractivity contribution in [2.75, 3.05) is 11.9 Å². The van der Waals surface area contributed by atoms with Crippen LogP contribution in [0.1, 0.15) is 30.0 Å². The van der Waals surface area contributed by atoms with Crippen LogP contribution in [0.5, 0.6) is 5.75 Å². The third kappa shape index (κ3) is 2.77. The number of aromatic nitrogens is 4. The number of anilines is 1. The Morgan fingerprint density at radius 1 is 1.27 bits per heavy atom. The largest absolute Gasteiger partial charge is 0.494 e. The number of nitrogens with zero attached hydrogens (tertiary/aromatic N) is 4. The highest BCUT2D eigenvalue weighted by molar-refractivity contribution is 7.20. The minimum Gasteiger partial charge on any atom is -0.494 e. The van der Waals surface area contributed by atoms with Gasteiger partial charge in [-0.3, -0.25) is 10.1 Å². The average molecular weight is 317 g/mol. The van der Waals surface area contributed by atoms with Crippen LogP contribution in [0, 0.1) is 0 Å². The van der Waals surface area contributed by atoms with Crippen molar-refractivity contribution in [2.24, 2.45) is 0 Å². The summed E-state index contributed by atoms with van der Waals surface area (Å²) in [7, 11) is 0. The second kappa shape index (κ2) is 6.10. The van der Waals surface area contributed by atoms with Crippen molar-refractivity contribution in [1.29, 1.82) is 0 Å². The molecule has 0 atom stereocenters. The number of nitrogens with one attached hydrogen (secondary N) is 1. The van der Waals surface area contributed by atoms with Gasteiger partial charge in [-0.1, -0.05) is 18.3 Å². The van der Waals surface area contributed by atoms with Gasteiger partial charge in [0, 0.05) is 12.0 Å². The zero-order valence-corrected chi connectivity index (χ0v) is 13.1. The molecule has 1 aromatic carbocycles. The van der Waals surface area contributed by atoms with Crippen LogP contribution >= 0.6 is 11.3 Å². The first-order chi connectivity index (χ1) is 10.7. The zero-order valence-electron chi connectivity index (χ0n) is 12.2. The van der Waals surface area contributed by atoms with Crippen molar-refractivity contribution >= 4 is 27.3 Å². The fraction of sp³-hybridized carbons (Fsp3) is 0.286. The number of hydrogen-bond acceptors (Lipinski definition) is 6. The second-order valence-corrected chi connectivity index (χ2v) is 5.44. The summed E-state index contributed by atoms with van der Waals surface area (Å²) in [6.07, 6.45) is 0.733. The summed E-state index contributed by atoms with van der Waals surface area (Å²) >= 11 is 1.29. The minimum atomic E-state index is -0.217. The van der Waals surface area contributed by atoms with Crippen molar-refractivity contribution in [3.63, 3.8) is 0 Å². The van der Waals surface area contributed by atoms with E-state index < -0.39 is 0 Å². The standard InChI is InChI=1S/C14H15N5O2S/c1-3-11-16-17-14-19(11)18-13(22-14)15-12(20)9-5-7-10(8-6-9)21-4-2/h5-8H,3-4H2,1-2H3,(H,15,18,20). The fourth-order valence-corrected chi connectivity index (χ4v) is 2.72. The molecule has 0 fully saturated rings. The SMILES string of the molecule is CCOc1ccc(C(=O)Nc2nn3c(CC)nnc3s2)cc1. The molecular weight excluding hydrogens is 302 g/mol. The first-order valence-electron chi connectivity index (χ1n) is 6.96. The van der Waals surface area contributed by atoms with E-state index in [2.05, 4.69) is 20.6 Å². The van der Waals surface area contributed by atoms with E-state index in [1.165, 1.54) is 11.3 Å². The first kappa shape index (κ1) is 14.5. The lowest BCUT2D eigenvalue weighted by Gasteiger charge is -2.04. The molecule has 8 heteroatoms. The van der Waals surface area contributed by atoms with Gasteiger partial charge in [-0.15, -0.1) is 15.3 Å². The Labute approximate surface area is 130 Å². The Hall–Kier alpha value is -2.48. The number of aryl methyl sites for hydroxylation is 1. The van der Waals surface area contributed by atoms with Crippen molar-refractivity contribution in [3.05, 3.63) is 35.7 Å². The van der Waals surface area contributed by atoms with Crippen molar-refractivity contribution < 1.29 is 9.53 Å². The smallest absolute Gasteiger partial charge is 0.257 e. The topological polar surface area (TPSA) is 81.4 Å². The molecule has 114 valence electrons. The second-order valence-electron chi connectivity index (χ2n) is 4.48. The lowest BCUT2D eigenvalue weighted by atomic mass is 10.2. The number of carbonyl (C=O) groups excluding carboxylic acids is 1. The van der Waals surface area contributed by atoms with Gasteiger partial charge >= 0.3 is 0 Å². The van der Waals surface area contributed by atoms with E-state index in [1.807, 2.05) is 13.8 Å². The highest BCUT2D eigenvalue weighted by Gasteiger charge is 2.13. The van der Waals surface area contributed by atoms with Crippen LogP contribution in [-0.4, -0.2) is 32.3 Å². The maximum atomic E-state index is 12.2. The van der Waals surface area contributed by atoms with Gasteiger partial charge in [0.15, 0.2) is 5.82 Å². The Morgan fingerprint density at radius 3 is 2.73 bits per heavy atom. The summed E-state index contributed by atoms with van der Waals surface area (Å²) in [5.41, 5.74) is 0.546. The summed E-state index contributed by atoms with van der Waals surface area (Å²) in [5, 5.41) is 15.6. The third-order valence-electron chi connectivity index (χ3n) is 3.02. The first-order valence-corrected chi connectivity index (χ1v) is 7.78. The van der Waals surface area contributed by atoms with Gasteiger partial charge in [-0.05, 0) is 31.2 Å². The van der Waals surface area contributed by atoms with Gasteiger partial charge in [0.2, 0.25) is 10.1 Å². The molecule has 0 unspecified atom stereocenters. The van der Waals surface area contributed by atoms with Gasteiger partial charge in [0.05, 0.1) is 6.61 Å². The molecule has 7 nitrogen and oxygen atoms in total. The molecule has 2 aromatic heterocycles. The number of carbonyl (C=O) groups is 1. The molecule has 0 bridgehead atoms. The highest BCUT2D eigenvalue weighted by Crippen LogP contribution is 2.20. The van der Waals surface area contributed by atoms with E-state index in [1.54, 1.807) is 28.8 Å². The van der Waals surface area contributed by atoms with Crippen LogP contribution in [0.3, 0.4) is 0 Å². The number of fused-ring (bicyclic) bond motifs is 1. The number of ether oxygens (including phenoxy) is 1. The summed E-state index contributed by atoms with van der Waals surface area (Å²) < 4.78 is 7.00. The van der Waals surface area contributed by atoms with Crippen LogP contribution in [0.25, 0.3) is 4.96 Å².